The maximum atomic E-state index is 11.7. The lowest BCUT2D eigenvalue weighted by molar-refractivity contribution is -0.383. The van der Waals surface area contributed by atoms with E-state index in [1.165, 1.54) is 18.2 Å². The monoisotopic (exact) mass is 295 g/mol. The highest BCUT2D eigenvalue weighted by molar-refractivity contribution is 5.86. The second kappa shape index (κ2) is 7.22. The van der Waals surface area contributed by atoms with Crippen LogP contribution < -0.4 is 10.6 Å². The summed E-state index contributed by atoms with van der Waals surface area (Å²) in [6, 6.07) is 4.91. The highest BCUT2D eigenvalue weighted by atomic mass is 16.6. The van der Waals surface area contributed by atoms with E-state index in [0.29, 0.717) is 0 Å². The molecule has 3 N–H and O–H groups in total. The normalized spacial score (nSPS) is 11.8. The third-order valence-corrected chi connectivity index (χ3v) is 2.79. The lowest BCUT2D eigenvalue weighted by Gasteiger charge is -2.18. The lowest BCUT2D eigenvalue weighted by Crippen LogP contribution is -2.46. The van der Waals surface area contributed by atoms with Gasteiger partial charge in [0.15, 0.2) is 0 Å². The molecule has 0 aromatic heterocycles. The fourth-order valence-electron chi connectivity index (χ4n) is 1.70. The molecule has 1 rings (SSSR count). The van der Waals surface area contributed by atoms with Gasteiger partial charge in [0.25, 0.3) is 5.69 Å². The first-order chi connectivity index (χ1) is 9.82. The van der Waals surface area contributed by atoms with Crippen LogP contribution in [-0.4, -0.2) is 34.5 Å². The van der Waals surface area contributed by atoms with Crippen molar-refractivity contribution in [2.24, 2.45) is 5.92 Å². The molecule has 8 heteroatoms. The molecule has 1 amide bonds. The second-order valence-corrected chi connectivity index (χ2v) is 4.76. The number of anilines is 1. The van der Waals surface area contributed by atoms with E-state index in [0.717, 1.165) is 0 Å². The molecule has 8 nitrogen and oxygen atoms in total. The number of nitro benzene ring substituents is 1. The standard InChI is InChI=1S/C13H17N3O5/c1-8(2)12(13(18)19)15-11(17)7-14-9-5-3-4-6-10(9)16(20)21/h3-6,8,12,14H,7H2,1-2H3,(H,15,17)(H,18,19). The number of para-hydroxylation sites is 2. The first kappa shape index (κ1) is 16.4. The van der Waals surface area contributed by atoms with Crippen LogP contribution in [0.5, 0.6) is 0 Å². The van der Waals surface area contributed by atoms with Gasteiger partial charge in [0, 0.05) is 6.07 Å². The van der Waals surface area contributed by atoms with Crippen LogP contribution in [0.1, 0.15) is 13.8 Å². The summed E-state index contributed by atoms with van der Waals surface area (Å²) in [5, 5.41) is 24.8. The average molecular weight is 295 g/mol. The molecule has 1 aromatic rings. The summed E-state index contributed by atoms with van der Waals surface area (Å²) >= 11 is 0. The summed E-state index contributed by atoms with van der Waals surface area (Å²) < 4.78 is 0. The van der Waals surface area contributed by atoms with Gasteiger partial charge in [-0.1, -0.05) is 26.0 Å². The van der Waals surface area contributed by atoms with Crippen molar-refractivity contribution in [3.8, 4) is 0 Å². The number of nitrogens with one attached hydrogen (secondary N) is 2. The molecule has 0 aliphatic heterocycles. The van der Waals surface area contributed by atoms with E-state index in [4.69, 9.17) is 5.11 Å². The third-order valence-electron chi connectivity index (χ3n) is 2.79. The Bertz CT molecular complexity index is 544. The Balaban J connectivity index is 2.65. The summed E-state index contributed by atoms with van der Waals surface area (Å²) in [4.78, 5) is 32.9. The number of carbonyl (C=O) groups is 2. The Morgan fingerprint density at radius 3 is 2.48 bits per heavy atom. The van der Waals surface area contributed by atoms with Gasteiger partial charge in [-0.15, -0.1) is 0 Å². The number of hydrogen-bond donors (Lipinski definition) is 3. The van der Waals surface area contributed by atoms with Gasteiger partial charge in [0.2, 0.25) is 5.91 Å². The number of carbonyl (C=O) groups excluding carboxylic acids is 1. The number of benzene rings is 1. The maximum absolute atomic E-state index is 11.7. The van der Waals surface area contributed by atoms with Crippen molar-refractivity contribution in [2.75, 3.05) is 11.9 Å². The number of amides is 1. The molecule has 0 saturated carbocycles. The van der Waals surface area contributed by atoms with Crippen molar-refractivity contribution >= 4 is 23.3 Å². The molecule has 0 bridgehead atoms. The fourth-order valence-corrected chi connectivity index (χ4v) is 1.70. The Hall–Kier alpha value is -2.64. The minimum atomic E-state index is -1.12. The number of hydrogen-bond acceptors (Lipinski definition) is 5. The minimum Gasteiger partial charge on any atom is -0.480 e. The largest absolute Gasteiger partial charge is 0.480 e. The van der Waals surface area contributed by atoms with E-state index >= 15 is 0 Å². The molecule has 114 valence electrons. The van der Waals surface area contributed by atoms with Gasteiger partial charge >= 0.3 is 5.97 Å². The van der Waals surface area contributed by atoms with Gasteiger partial charge in [-0.3, -0.25) is 14.9 Å². The molecule has 0 spiro atoms. The topological polar surface area (TPSA) is 122 Å². The van der Waals surface area contributed by atoms with E-state index in [1.54, 1.807) is 19.9 Å². The van der Waals surface area contributed by atoms with Crippen LogP contribution in [0, 0.1) is 16.0 Å². The predicted octanol–water partition coefficient (Wildman–Crippen LogP) is 1.23. The molecule has 0 saturated heterocycles. The highest BCUT2D eigenvalue weighted by Crippen LogP contribution is 2.22. The van der Waals surface area contributed by atoms with Crippen LogP contribution in [0.25, 0.3) is 0 Å². The number of aliphatic carboxylic acids is 1. The quantitative estimate of drug-likeness (QED) is 0.514. The number of nitrogens with zero attached hydrogens (tertiary/aromatic N) is 1. The Morgan fingerprint density at radius 2 is 1.95 bits per heavy atom. The smallest absolute Gasteiger partial charge is 0.326 e. The molecule has 1 aromatic carbocycles. The molecule has 1 atom stereocenters. The number of carboxylic acids is 1. The first-order valence-corrected chi connectivity index (χ1v) is 6.32. The second-order valence-electron chi connectivity index (χ2n) is 4.76. The maximum Gasteiger partial charge on any atom is 0.326 e. The van der Waals surface area contributed by atoms with Crippen molar-refractivity contribution in [3.05, 3.63) is 34.4 Å². The summed E-state index contributed by atoms with van der Waals surface area (Å²) in [6.07, 6.45) is 0. The molecule has 21 heavy (non-hydrogen) atoms. The van der Waals surface area contributed by atoms with E-state index < -0.39 is 22.8 Å². The summed E-state index contributed by atoms with van der Waals surface area (Å²) in [5.74, 6) is -1.93. The minimum absolute atomic E-state index is 0.149. The van der Waals surface area contributed by atoms with Gasteiger partial charge in [-0.05, 0) is 12.0 Å². The van der Waals surface area contributed by atoms with Gasteiger partial charge in [0.05, 0.1) is 11.5 Å². The van der Waals surface area contributed by atoms with Crippen LogP contribution >= 0.6 is 0 Å². The molecule has 0 aliphatic rings. The third kappa shape index (κ3) is 4.75. The van der Waals surface area contributed by atoms with Gasteiger partial charge in [-0.25, -0.2) is 4.79 Å². The van der Waals surface area contributed by atoms with E-state index in [2.05, 4.69) is 10.6 Å². The SMILES string of the molecule is CC(C)C(NC(=O)CNc1ccccc1[N+](=O)[O-])C(=O)O. The van der Waals surface area contributed by atoms with E-state index in [9.17, 15) is 19.7 Å². The van der Waals surface area contributed by atoms with Crippen molar-refractivity contribution in [2.45, 2.75) is 19.9 Å². The molecule has 0 radical (unpaired) electrons. The van der Waals surface area contributed by atoms with Gasteiger partial charge in [-0.2, -0.15) is 0 Å². The fraction of sp³-hybridized carbons (Fsp3) is 0.385. The van der Waals surface area contributed by atoms with Crippen LogP contribution in [0.3, 0.4) is 0 Å². The highest BCUT2D eigenvalue weighted by Gasteiger charge is 2.23. The van der Waals surface area contributed by atoms with Crippen LogP contribution in [0.2, 0.25) is 0 Å². The summed E-state index contributed by atoms with van der Waals surface area (Å²) in [7, 11) is 0. The zero-order valence-electron chi connectivity index (χ0n) is 11.7. The molecular formula is C13H17N3O5. The zero-order valence-corrected chi connectivity index (χ0v) is 11.7. The number of carboxylic acid groups (broad SMARTS) is 1. The van der Waals surface area contributed by atoms with Crippen molar-refractivity contribution in [1.29, 1.82) is 0 Å². The Morgan fingerprint density at radius 1 is 1.33 bits per heavy atom. The summed E-state index contributed by atoms with van der Waals surface area (Å²) in [5.41, 5.74) is 0.0537. The van der Waals surface area contributed by atoms with Crippen LogP contribution in [0.4, 0.5) is 11.4 Å². The molecule has 0 fully saturated rings. The van der Waals surface area contributed by atoms with Gasteiger partial charge in [0.1, 0.15) is 11.7 Å². The number of rotatable bonds is 7. The lowest BCUT2D eigenvalue weighted by atomic mass is 10.1. The van der Waals surface area contributed by atoms with Crippen molar-refractivity contribution < 1.29 is 19.6 Å². The van der Waals surface area contributed by atoms with Crippen molar-refractivity contribution in [3.63, 3.8) is 0 Å². The molecular weight excluding hydrogens is 278 g/mol. The average Bonchev–Trinajstić information content (AvgIpc) is 2.42. The molecule has 1 unspecified atom stereocenters. The first-order valence-electron chi connectivity index (χ1n) is 6.32. The number of nitro groups is 1. The van der Waals surface area contributed by atoms with Gasteiger partial charge < -0.3 is 15.7 Å². The van der Waals surface area contributed by atoms with Crippen LogP contribution in [-0.2, 0) is 9.59 Å². The summed E-state index contributed by atoms with van der Waals surface area (Å²) in [6.45, 7) is 3.10. The van der Waals surface area contributed by atoms with E-state index in [-0.39, 0.29) is 23.8 Å². The predicted molar refractivity (Wildman–Crippen MR) is 76.0 cm³/mol. The molecule has 0 aliphatic carbocycles. The Kier molecular flexibility index (Phi) is 5.65. The zero-order chi connectivity index (χ0) is 16.0. The van der Waals surface area contributed by atoms with Crippen molar-refractivity contribution in [1.82, 2.24) is 5.32 Å². The molecule has 0 heterocycles. The van der Waals surface area contributed by atoms with Crippen LogP contribution in [0.15, 0.2) is 24.3 Å². The Labute approximate surface area is 121 Å². The van der Waals surface area contributed by atoms with E-state index in [1.807, 2.05) is 0 Å².